The summed E-state index contributed by atoms with van der Waals surface area (Å²) < 4.78 is 4.99. The van der Waals surface area contributed by atoms with Gasteiger partial charge in [0.15, 0.2) is 0 Å². The van der Waals surface area contributed by atoms with Gasteiger partial charge >= 0.3 is 0 Å². The molecule has 0 radical (unpaired) electrons. The lowest BCUT2D eigenvalue weighted by Crippen LogP contribution is -2.29. The van der Waals surface area contributed by atoms with Gasteiger partial charge in [0.05, 0.1) is 24.7 Å². The quantitative estimate of drug-likeness (QED) is 0.801. The number of rotatable bonds is 5. The fourth-order valence-electron chi connectivity index (χ4n) is 2.17. The lowest BCUT2D eigenvalue weighted by Gasteiger charge is -2.15. The van der Waals surface area contributed by atoms with Crippen molar-refractivity contribution in [1.82, 2.24) is 14.9 Å². The molecule has 1 unspecified atom stereocenters. The van der Waals surface area contributed by atoms with Crippen molar-refractivity contribution in [1.29, 1.82) is 0 Å². The molecule has 6 heteroatoms. The minimum absolute atomic E-state index is 0.195. The average molecular weight is 250 g/mol. The first-order valence-corrected chi connectivity index (χ1v) is 6.02. The van der Waals surface area contributed by atoms with Crippen LogP contribution in [0.3, 0.4) is 0 Å². The third-order valence-electron chi connectivity index (χ3n) is 3.08. The van der Waals surface area contributed by atoms with Crippen molar-refractivity contribution in [2.75, 3.05) is 32.5 Å². The molecule has 0 aliphatic carbocycles. The van der Waals surface area contributed by atoms with Crippen LogP contribution in [0.4, 0.5) is 5.82 Å². The number of carbonyl (C=O) groups excluding carboxylic acids is 1. The smallest absolute Gasteiger partial charge is 0.223 e. The summed E-state index contributed by atoms with van der Waals surface area (Å²) in [7, 11) is 1.64. The zero-order valence-electron chi connectivity index (χ0n) is 10.5. The van der Waals surface area contributed by atoms with Crippen LogP contribution < -0.4 is 5.73 Å². The fourth-order valence-corrected chi connectivity index (χ4v) is 2.17. The predicted octanol–water partition coefficient (Wildman–Crippen LogP) is 0.0962. The maximum Gasteiger partial charge on any atom is 0.223 e. The highest BCUT2D eigenvalue weighted by Crippen LogP contribution is 2.20. The highest BCUT2D eigenvalue weighted by molar-refractivity contribution is 5.78. The van der Waals surface area contributed by atoms with E-state index in [1.165, 1.54) is 0 Å². The van der Waals surface area contributed by atoms with Crippen LogP contribution in [-0.4, -0.2) is 47.6 Å². The Morgan fingerprint density at radius 3 is 3.00 bits per heavy atom. The molecule has 2 heterocycles. The first-order chi connectivity index (χ1) is 8.69. The number of hydrogen-bond donors (Lipinski definition) is 1. The van der Waals surface area contributed by atoms with E-state index in [2.05, 4.69) is 9.97 Å². The molecule has 1 atom stereocenters. The van der Waals surface area contributed by atoms with Crippen LogP contribution in [0.1, 0.15) is 12.1 Å². The predicted molar refractivity (Wildman–Crippen MR) is 66.7 cm³/mol. The van der Waals surface area contributed by atoms with Crippen molar-refractivity contribution in [2.24, 2.45) is 5.92 Å². The number of nitrogens with two attached hydrogens (primary N) is 1. The molecule has 1 aliphatic rings. The standard InChI is InChI=1S/C12H18N4O2/c1-18-3-2-16-8-9(5-12(16)17)4-10-6-15-11(13)7-14-10/h6-7,9H,2-5,8H2,1H3,(H2,13,15). The van der Waals surface area contributed by atoms with E-state index in [1.807, 2.05) is 4.90 Å². The van der Waals surface area contributed by atoms with Gasteiger partial charge in [-0.05, 0) is 12.3 Å². The van der Waals surface area contributed by atoms with Crippen molar-refractivity contribution in [3.05, 3.63) is 18.1 Å². The minimum atomic E-state index is 0.195. The maximum absolute atomic E-state index is 11.7. The van der Waals surface area contributed by atoms with Crippen molar-refractivity contribution in [2.45, 2.75) is 12.8 Å². The number of anilines is 1. The van der Waals surface area contributed by atoms with Crippen LogP contribution in [0.2, 0.25) is 0 Å². The number of ether oxygens (including phenoxy) is 1. The van der Waals surface area contributed by atoms with Gasteiger partial charge in [-0.15, -0.1) is 0 Å². The van der Waals surface area contributed by atoms with Gasteiger partial charge in [-0.25, -0.2) is 4.98 Å². The molecule has 18 heavy (non-hydrogen) atoms. The van der Waals surface area contributed by atoms with Crippen LogP contribution in [0.5, 0.6) is 0 Å². The number of nitrogens with zero attached hydrogens (tertiary/aromatic N) is 3. The molecular formula is C12H18N4O2. The normalized spacial score (nSPS) is 19.5. The van der Waals surface area contributed by atoms with E-state index in [0.29, 0.717) is 31.3 Å². The molecule has 1 amide bonds. The Bertz CT molecular complexity index is 407. The molecule has 1 aromatic heterocycles. The summed E-state index contributed by atoms with van der Waals surface area (Å²) in [5.41, 5.74) is 6.37. The first kappa shape index (κ1) is 12.8. The second kappa shape index (κ2) is 5.77. The summed E-state index contributed by atoms with van der Waals surface area (Å²) in [6.45, 7) is 2.02. The molecular weight excluding hydrogens is 232 g/mol. The average Bonchev–Trinajstić information content (AvgIpc) is 2.70. The summed E-state index contributed by atoms with van der Waals surface area (Å²) in [5.74, 6) is 0.927. The van der Waals surface area contributed by atoms with Gasteiger partial charge in [0, 0.05) is 26.6 Å². The Hall–Kier alpha value is -1.69. The third kappa shape index (κ3) is 3.16. The molecule has 6 nitrogen and oxygen atoms in total. The zero-order chi connectivity index (χ0) is 13.0. The summed E-state index contributed by atoms with van der Waals surface area (Å²) >= 11 is 0. The molecule has 1 saturated heterocycles. The Balaban J connectivity index is 1.88. The lowest BCUT2D eigenvalue weighted by molar-refractivity contribution is -0.128. The van der Waals surface area contributed by atoms with E-state index in [0.717, 1.165) is 18.7 Å². The van der Waals surface area contributed by atoms with Gasteiger partial charge in [0.25, 0.3) is 0 Å². The van der Waals surface area contributed by atoms with E-state index >= 15 is 0 Å². The Morgan fingerprint density at radius 2 is 2.33 bits per heavy atom. The number of amides is 1. The van der Waals surface area contributed by atoms with Crippen molar-refractivity contribution in [3.63, 3.8) is 0 Å². The van der Waals surface area contributed by atoms with Crippen molar-refractivity contribution in [3.8, 4) is 0 Å². The third-order valence-corrected chi connectivity index (χ3v) is 3.08. The van der Waals surface area contributed by atoms with Crippen molar-refractivity contribution >= 4 is 11.7 Å². The van der Waals surface area contributed by atoms with E-state index in [1.54, 1.807) is 19.5 Å². The van der Waals surface area contributed by atoms with Crippen LogP contribution in [0, 0.1) is 5.92 Å². The van der Waals surface area contributed by atoms with E-state index < -0.39 is 0 Å². The molecule has 1 aromatic rings. The molecule has 1 aliphatic heterocycles. The number of aromatic nitrogens is 2. The number of methoxy groups -OCH3 is 1. The van der Waals surface area contributed by atoms with Gasteiger partial charge in [-0.2, -0.15) is 0 Å². The second-order valence-electron chi connectivity index (χ2n) is 4.54. The van der Waals surface area contributed by atoms with Gasteiger partial charge in [0.1, 0.15) is 5.82 Å². The van der Waals surface area contributed by atoms with Crippen molar-refractivity contribution < 1.29 is 9.53 Å². The van der Waals surface area contributed by atoms with Gasteiger partial charge < -0.3 is 15.4 Å². The first-order valence-electron chi connectivity index (χ1n) is 6.02. The lowest BCUT2D eigenvalue weighted by atomic mass is 10.0. The topological polar surface area (TPSA) is 81.3 Å². The van der Waals surface area contributed by atoms with E-state index in [-0.39, 0.29) is 5.91 Å². The molecule has 0 spiro atoms. The van der Waals surface area contributed by atoms with Gasteiger partial charge in [-0.3, -0.25) is 9.78 Å². The Kier molecular flexibility index (Phi) is 4.09. The van der Waals surface area contributed by atoms with Crippen LogP contribution in [0.25, 0.3) is 0 Å². The molecule has 2 rings (SSSR count). The maximum atomic E-state index is 11.7. The zero-order valence-corrected chi connectivity index (χ0v) is 10.5. The van der Waals surface area contributed by atoms with Gasteiger partial charge in [-0.1, -0.05) is 0 Å². The molecule has 1 fully saturated rings. The number of hydrogen-bond acceptors (Lipinski definition) is 5. The fraction of sp³-hybridized carbons (Fsp3) is 0.583. The summed E-state index contributed by atoms with van der Waals surface area (Å²) in [5, 5.41) is 0. The summed E-state index contributed by atoms with van der Waals surface area (Å²) in [6, 6.07) is 0. The largest absolute Gasteiger partial charge is 0.383 e. The highest BCUT2D eigenvalue weighted by Gasteiger charge is 2.29. The number of likely N-dealkylation sites (tertiary alicyclic amines) is 1. The SMILES string of the molecule is COCCN1CC(Cc2cnc(N)cn2)CC1=O. The molecule has 0 aromatic carbocycles. The molecule has 2 N–H and O–H groups in total. The molecule has 0 bridgehead atoms. The second-order valence-corrected chi connectivity index (χ2v) is 4.54. The summed E-state index contributed by atoms with van der Waals surface area (Å²) in [6.07, 6.45) is 4.57. The van der Waals surface area contributed by atoms with Crippen LogP contribution in [0.15, 0.2) is 12.4 Å². The molecule has 0 saturated carbocycles. The Labute approximate surface area is 106 Å². The highest BCUT2D eigenvalue weighted by atomic mass is 16.5. The number of carbonyl (C=O) groups is 1. The van der Waals surface area contributed by atoms with Gasteiger partial charge in [0.2, 0.25) is 5.91 Å². The van der Waals surface area contributed by atoms with Crippen LogP contribution in [-0.2, 0) is 16.0 Å². The minimum Gasteiger partial charge on any atom is -0.383 e. The molecule has 98 valence electrons. The van der Waals surface area contributed by atoms with E-state index in [4.69, 9.17) is 10.5 Å². The summed E-state index contributed by atoms with van der Waals surface area (Å²) in [4.78, 5) is 21.8. The Morgan fingerprint density at radius 1 is 1.50 bits per heavy atom. The van der Waals surface area contributed by atoms with Crippen LogP contribution >= 0.6 is 0 Å². The monoisotopic (exact) mass is 250 g/mol. The number of nitrogen functional groups attached to an aromatic ring is 1. The van der Waals surface area contributed by atoms with E-state index in [9.17, 15) is 4.79 Å².